The molecule has 2 aliphatic rings. The average Bonchev–Trinajstić information content (AvgIpc) is 2.91. The van der Waals surface area contributed by atoms with Crippen molar-refractivity contribution in [1.82, 2.24) is 14.8 Å². The first-order valence-corrected chi connectivity index (χ1v) is 12.7. The van der Waals surface area contributed by atoms with E-state index in [0.29, 0.717) is 49.6 Å². The van der Waals surface area contributed by atoms with Gasteiger partial charge in [0.25, 0.3) is 5.56 Å². The molecular weight excluding hydrogens is 466 g/mol. The van der Waals surface area contributed by atoms with Gasteiger partial charge >= 0.3 is 0 Å². The summed E-state index contributed by atoms with van der Waals surface area (Å²) in [5, 5.41) is 5.36. The Bertz CT molecular complexity index is 1180. The quantitative estimate of drug-likeness (QED) is 0.476. The van der Waals surface area contributed by atoms with Gasteiger partial charge in [-0.3, -0.25) is 4.79 Å². The number of nitrogens with one attached hydrogen (secondary N) is 2. The van der Waals surface area contributed by atoms with Crippen LogP contribution in [0.25, 0.3) is 11.4 Å². The van der Waals surface area contributed by atoms with Gasteiger partial charge in [0.1, 0.15) is 31.9 Å². The fourth-order valence-corrected chi connectivity index (χ4v) is 5.08. The summed E-state index contributed by atoms with van der Waals surface area (Å²) >= 11 is 6.69. The smallest absolute Gasteiger partial charge is 0.294 e. The molecule has 2 fully saturated rings. The Morgan fingerprint density at radius 2 is 1.51 bits per heavy atom. The van der Waals surface area contributed by atoms with Crippen molar-refractivity contribution in [2.75, 3.05) is 59.2 Å². The summed E-state index contributed by atoms with van der Waals surface area (Å²) in [5.74, 6) is 0.308. The number of hydrogen-bond acceptors (Lipinski definition) is 5. The van der Waals surface area contributed by atoms with E-state index in [1.54, 1.807) is 4.68 Å². The van der Waals surface area contributed by atoms with Crippen LogP contribution in [-0.4, -0.2) is 73.9 Å². The van der Waals surface area contributed by atoms with Crippen molar-refractivity contribution in [2.24, 2.45) is 0 Å². The van der Waals surface area contributed by atoms with Crippen molar-refractivity contribution in [3.8, 4) is 11.4 Å². The average molecular weight is 498 g/mol. The van der Waals surface area contributed by atoms with Crippen molar-refractivity contribution >= 4 is 11.6 Å². The molecule has 2 aliphatic heterocycles. The Labute approximate surface area is 210 Å². The molecule has 0 bridgehead atoms. The van der Waals surface area contributed by atoms with E-state index in [-0.39, 0.29) is 11.5 Å². The van der Waals surface area contributed by atoms with E-state index >= 15 is 0 Å². The van der Waals surface area contributed by atoms with Gasteiger partial charge in [0.2, 0.25) is 0 Å². The zero-order valence-corrected chi connectivity index (χ0v) is 20.5. The zero-order valence-electron chi connectivity index (χ0n) is 19.8. The predicted octanol–water partition coefficient (Wildman–Crippen LogP) is -0.122. The summed E-state index contributed by atoms with van der Waals surface area (Å²) in [5.41, 5.74) is 2.16. The Kier molecular flexibility index (Phi) is 7.85. The maximum atomic E-state index is 13.9. The van der Waals surface area contributed by atoms with Crippen LogP contribution in [-0.2, 0) is 16.1 Å². The molecule has 0 aliphatic carbocycles. The van der Waals surface area contributed by atoms with Crippen molar-refractivity contribution in [3.05, 3.63) is 81.2 Å². The predicted molar refractivity (Wildman–Crippen MR) is 133 cm³/mol. The molecule has 3 heterocycles. The van der Waals surface area contributed by atoms with Crippen LogP contribution in [0.5, 0.6) is 0 Å². The molecule has 2 N–H and O–H groups in total. The van der Waals surface area contributed by atoms with E-state index in [9.17, 15) is 4.79 Å². The van der Waals surface area contributed by atoms with Crippen molar-refractivity contribution < 1.29 is 19.3 Å². The topological polar surface area (TPSA) is 75.1 Å². The molecule has 0 spiro atoms. The van der Waals surface area contributed by atoms with Gasteiger partial charge in [-0.25, -0.2) is 4.98 Å². The van der Waals surface area contributed by atoms with Crippen LogP contribution in [0.4, 0.5) is 0 Å². The molecule has 1 atom stereocenters. The molecule has 2 saturated heterocycles. The third kappa shape index (κ3) is 5.79. The molecule has 2 aromatic carbocycles. The Morgan fingerprint density at radius 1 is 0.886 bits per heavy atom. The number of quaternary nitrogens is 2. The van der Waals surface area contributed by atoms with Crippen molar-refractivity contribution in [3.63, 3.8) is 0 Å². The SMILES string of the molecule is O=c1c([C@H](C[NH+]2CCOCC2)c2ccccc2Cl)nc(-c2ccccc2)nn1C[NH+]1CCOCC1. The second-order valence-electron chi connectivity index (χ2n) is 9.15. The molecule has 8 nitrogen and oxygen atoms in total. The number of nitrogens with zero attached hydrogens (tertiary/aromatic N) is 3. The number of rotatable bonds is 7. The van der Waals surface area contributed by atoms with Crippen LogP contribution in [0.2, 0.25) is 5.02 Å². The summed E-state index contributed by atoms with van der Waals surface area (Å²) < 4.78 is 12.7. The molecule has 0 amide bonds. The lowest BCUT2D eigenvalue weighted by Crippen LogP contribution is -3.14. The second-order valence-corrected chi connectivity index (χ2v) is 9.56. The van der Waals surface area contributed by atoms with Gasteiger partial charge < -0.3 is 19.3 Å². The Balaban J connectivity index is 1.61. The summed E-state index contributed by atoms with van der Waals surface area (Å²) in [7, 11) is 0. The van der Waals surface area contributed by atoms with Crippen LogP contribution in [0, 0.1) is 0 Å². The Morgan fingerprint density at radius 3 is 2.20 bits per heavy atom. The maximum absolute atomic E-state index is 13.9. The minimum atomic E-state index is -0.249. The molecule has 5 rings (SSSR count). The van der Waals surface area contributed by atoms with E-state index in [4.69, 9.17) is 31.2 Å². The van der Waals surface area contributed by atoms with E-state index in [1.165, 1.54) is 9.80 Å². The standard InChI is InChI=1S/C26H30ClN5O3/c27-23-9-5-4-8-21(23)22(18-30-10-14-34-15-11-30)24-26(33)32(19-31-12-16-35-17-13-31)29-25(28-24)20-6-2-1-3-7-20/h1-9,22H,10-19H2/p+2/t22-/m1/s1. The second kappa shape index (κ2) is 11.4. The fourth-order valence-electron chi connectivity index (χ4n) is 4.81. The first-order chi connectivity index (χ1) is 17.2. The third-order valence-electron chi connectivity index (χ3n) is 6.80. The van der Waals surface area contributed by atoms with Crippen molar-refractivity contribution in [2.45, 2.75) is 12.6 Å². The number of morpholine rings is 2. The summed E-state index contributed by atoms with van der Waals surface area (Å²) in [6, 6.07) is 17.6. The number of hydrogen-bond donors (Lipinski definition) is 2. The maximum Gasteiger partial charge on any atom is 0.294 e. The van der Waals surface area contributed by atoms with Gasteiger partial charge in [-0.1, -0.05) is 60.1 Å². The largest absolute Gasteiger partial charge is 0.370 e. The van der Waals surface area contributed by atoms with Gasteiger partial charge in [-0.2, -0.15) is 4.68 Å². The van der Waals surface area contributed by atoms with E-state index in [2.05, 4.69) is 0 Å². The lowest BCUT2D eigenvalue weighted by molar-refractivity contribution is -0.931. The lowest BCUT2D eigenvalue weighted by Gasteiger charge is -2.28. The molecule has 35 heavy (non-hydrogen) atoms. The van der Waals surface area contributed by atoms with Gasteiger partial charge in [0, 0.05) is 10.6 Å². The molecule has 0 unspecified atom stereocenters. The van der Waals surface area contributed by atoms with E-state index < -0.39 is 0 Å². The normalized spacial score (nSPS) is 18.4. The monoisotopic (exact) mass is 497 g/mol. The Hall–Kier alpha value is -2.62. The molecule has 0 saturated carbocycles. The third-order valence-corrected chi connectivity index (χ3v) is 7.15. The van der Waals surface area contributed by atoms with E-state index in [1.807, 2.05) is 54.6 Å². The summed E-state index contributed by atoms with van der Waals surface area (Å²) in [6.07, 6.45) is 0. The van der Waals surface area contributed by atoms with Gasteiger partial charge in [0.05, 0.1) is 38.9 Å². The first-order valence-electron chi connectivity index (χ1n) is 12.3. The summed E-state index contributed by atoms with van der Waals surface area (Å²) in [6.45, 7) is 7.49. The highest BCUT2D eigenvalue weighted by atomic mass is 35.5. The lowest BCUT2D eigenvalue weighted by atomic mass is 9.94. The van der Waals surface area contributed by atoms with Crippen LogP contribution in [0.3, 0.4) is 0 Å². The van der Waals surface area contributed by atoms with Crippen LogP contribution in [0.15, 0.2) is 59.4 Å². The first kappa shape index (κ1) is 24.1. The number of benzene rings is 2. The number of halogens is 1. The van der Waals surface area contributed by atoms with Crippen LogP contribution in [0.1, 0.15) is 17.2 Å². The van der Waals surface area contributed by atoms with E-state index in [0.717, 1.165) is 43.9 Å². The van der Waals surface area contributed by atoms with Gasteiger partial charge in [-0.15, -0.1) is 5.10 Å². The number of ether oxygens (including phenoxy) is 2. The molecular formula is C26H32ClN5O3+2. The molecule has 0 radical (unpaired) electrons. The molecule has 1 aromatic heterocycles. The zero-order chi connectivity index (χ0) is 24.0. The molecule has 9 heteroatoms. The highest BCUT2D eigenvalue weighted by Gasteiger charge is 2.30. The molecule has 184 valence electrons. The summed E-state index contributed by atoms with van der Waals surface area (Å²) in [4.78, 5) is 21.5. The minimum absolute atomic E-state index is 0.152. The van der Waals surface area contributed by atoms with Crippen LogP contribution >= 0.6 is 11.6 Å². The highest BCUT2D eigenvalue weighted by molar-refractivity contribution is 6.31. The van der Waals surface area contributed by atoms with Crippen molar-refractivity contribution in [1.29, 1.82) is 0 Å². The minimum Gasteiger partial charge on any atom is -0.370 e. The van der Waals surface area contributed by atoms with Gasteiger partial charge in [0.15, 0.2) is 12.5 Å². The van der Waals surface area contributed by atoms with Gasteiger partial charge in [-0.05, 0) is 11.6 Å². The fraction of sp³-hybridized carbons (Fsp3) is 0.423. The molecule has 3 aromatic rings. The van der Waals surface area contributed by atoms with Crippen LogP contribution < -0.4 is 15.4 Å². The highest BCUT2D eigenvalue weighted by Crippen LogP contribution is 2.28. The number of aromatic nitrogens is 3.